The highest BCUT2D eigenvalue weighted by Gasteiger charge is 2.27. The van der Waals surface area contributed by atoms with Crippen LogP contribution in [-0.4, -0.2) is 73.4 Å². The first kappa shape index (κ1) is 64.2. The Morgan fingerprint density at radius 3 is 1.33 bits per heavy atom. The number of phosphoric ester groups is 1. The number of carbonyl (C=O) groups excluding carboxylic acids is 1. The molecule has 1 amide bonds. The van der Waals surface area contributed by atoms with E-state index < -0.39 is 20.0 Å². The summed E-state index contributed by atoms with van der Waals surface area (Å²) in [6.07, 6.45) is 64.8. The highest BCUT2D eigenvalue weighted by Crippen LogP contribution is 2.43. The Balaban J connectivity index is 4.10. The van der Waals surface area contributed by atoms with E-state index in [4.69, 9.17) is 9.05 Å². The number of likely N-dealkylation sites (N-methyl/N-ethyl adjacent to an activating group) is 1. The lowest BCUT2D eigenvalue weighted by Crippen LogP contribution is -2.45. The molecule has 386 valence electrons. The summed E-state index contributed by atoms with van der Waals surface area (Å²) in [5, 5.41) is 13.8. The van der Waals surface area contributed by atoms with Gasteiger partial charge in [-0.25, -0.2) is 4.57 Å². The van der Waals surface area contributed by atoms with Crippen LogP contribution >= 0.6 is 7.82 Å². The largest absolute Gasteiger partial charge is 0.472 e. The Labute approximate surface area is 409 Å². The van der Waals surface area contributed by atoms with Crippen LogP contribution in [-0.2, 0) is 18.4 Å². The molecule has 0 radical (unpaired) electrons. The molecule has 3 unspecified atom stereocenters. The molecule has 9 heteroatoms. The first-order chi connectivity index (χ1) is 32.0. The van der Waals surface area contributed by atoms with Gasteiger partial charge in [0.05, 0.1) is 39.9 Å². The van der Waals surface area contributed by atoms with E-state index in [9.17, 15) is 19.4 Å². The summed E-state index contributed by atoms with van der Waals surface area (Å²) in [5.74, 6) is -0.192. The van der Waals surface area contributed by atoms with Gasteiger partial charge < -0.3 is 19.8 Å². The molecular formula is C57H108N2O6P+. The van der Waals surface area contributed by atoms with Gasteiger partial charge >= 0.3 is 7.82 Å². The third-order valence-corrected chi connectivity index (χ3v) is 13.2. The zero-order chi connectivity index (χ0) is 48.5. The number of amides is 1. The summed E-state index contributed by atoms with van der Waals surface area (Å²) in [5.41, 5.74) is 0. The third-order valence-electron chi connectivity index (χ3n) is 12.2. The van der Waals surface area contributed by atoms with Crippen molar-refractivity contribution in [3.63, 3.8) is 0 Å². The fraction of sp³-hybridized carbons (Fsp3) is 0.807. The zero-order valence-electron chi connectivity index (χ0n) is 43.9. The quantitative estimate of drug-likeness (QED) is 0.0243. The lowest BCUT2D eigenvalue weighted by Gasteiger charge is -2.25. The lowest BCUT2D eigenvalue weighted by molar-refractivity contribution is -0.870. The van der Waals surface area contributed by atoms with E-state index >= 15 is 0 Å². The average molecular weight is 948 g/mol. The molecule has 0 rings (SSSR count). The van der Waals surface area contributed by atoms with Crippen molar-refractivity contribution in [3.8, 4) is 0 Å². The molecule has 3 atom stereocenters. The molecule has 0 aliphatic rings. The Morgan fingerprint density at radius 1 is 0.515 bits per heavy atom. The van der Waals surface area contributed by atoms with Crippen molar-refractivity contribution in [1.29, 1.82) is 0 Å². The normalized spacial score (nSPS) is 14.5. The molecule has 0 fully saturated rings. The molecule has 0 heterocycles. The molecule has 66 heavy (non-hydrogen) atoms. The minimum absolute atomic E-state index is 0.0522. The molecule has 0 bridgehead atoms. The number of hydrogen-bond donors (Lipinski definition) is 3. The number of rotatable bonds is 50. The molecule has 0 spiro atoms. The Hall–Kier alpha value is -1.80. The molecule has 0 saturated heterocycles. The molecule has 0 saturated carbocycles. The van der Waals surface area contributed by atoms with Gasteiger partial charge in [0.2, 0.25) is 5.91 Å². The van der Waals surface area contributed by atoms with Crippen LogP contribution in [0.3, 0.4) is 0 Å². The van der Waals surface area contributed by atoms with Crippen LogP contribution in [0.4, 0.5) is 0 Å². The minimum Gasteiger partial charge on any atom is -0.387 e. The topological polar surface area (TPSA) is 105 Å². The van der Waals surface area contributed by atoms with Gasteiger partial charge in [0.15, 0.2) is 0 Å². The smallest absolute Gasteiger partial charge is 0.387 e. The maximum Gasteiger partial charge on any atom is 0.472 e. The summed E-state index contributed by atoms with van der Waals surface area (Å²) in [4.78, 5) is 23.2. The van der Waals surface area contributed by atoms with E-state index in [0.29, 0.717) is 17.4 Å². The molecule has 0 aromatic carbocycles. The van der Waals surface area contributed by atoms with Crippen LogP contribution in [0.25, 0.3) is 0 Å². The van der Waals surface area contributed by atoms with E-state index in [1.54, 1.807) is 6.08 Å². The van der Waals surface area contributed by atoms with Crippen molar-refractivity contribution in [1.82, 2.24) is 5.32 Å². The summed E-state index contributed by atoms with van der Waals surface area (Å²) >= 11 is 0. The molecular weight excluding hydrogens is 840 g/mol. The van der Waals surface area contributed by atoms with Crippen molar-refractivity contribution in [2.45, 2.75) is 257 Å². The number of nitrogens with zero attached hydrogens (tertiary/aromatic N) is 1. The van der Waals surface area contributed by atoms with Gasteiger partial charge in [0, 0.05) is 6.42 Å². The molecule has 8 nitrogen and oxygen atoms in total. The number of phosphoric acid groups is 1. The van der Waals surface area contributed by atoms with Gasteiger partial charge in [-0.05, 0) is 77.0 Å². The zero-order valence-corrected chi connectivity index (χ0v) is 44.8. The van der Waals surface area contributed by atoms with Gasteiger partial charge in [-0.1, -0.05) is 222 Å². The first-order valence-corrected chi connectivity index (χ1v) is 29.2. The number of carbonyl (C=O) groups is 1. The van der Waals surface area contributed by atoms with Crippen LogP contribution in [0.2, 0.25) is 0 Å². The predicted molar refractivity (Wildman–Crippen MR) is 286 cm³/mol. The van der Waals surface area contributed by atoms with Gasteiger partial charge in [-0.3, -0.25) is 13.8 Å². The van der Waals surface area contributed by atoms with Crippen molar-refractivity contribution in [2.75, 3.05) is 40.9 Å². The number of allylic oxidation sites excluding steroid dienone is 9. The van der Waals surface area contributed by atoms with Crippen LogP contribution in [0.15, 0.2) is 60.8 Å². The molecule has 0 aromatic heterocycles. The number of hydrogen-bond acceptors (Lipinski definition) is 5. The highest BCUT2D eigenvalue weighted by molar-refractivity contribution is 7.47. The van der Waals surface area contributed by atoms with Crippen molar-refractivity contribution in [2.24, 2.45) is 0 Å². The summed E-state index contributed by atoms with van der Waals surface area (Å²) in [6, 6.07) is -0.870. The number of nitrogens with one attached hydrogen (secondary N) is 1. The molecule has 0 aliphatic heterocycles. The number of aliphatic hydroxyl groups is 1. The molecule has 0 aromatic rings. The van der Waals surface area contributed by atoms with E-state index in [1.807, 2.05) is 27.2 Å². The van der Waals surface area contributed by atoms with Crippen LogP contribution in [0, 0.1) is 0 Å². The van der Waals surface area contributed by atoms with Crippen LogP contribution < -0.4 is 5.32 Å². The summed E-state index contributed by atoms with van der Waals surface area (Å²) in [7, 11) is 1.54. The second-order valence-corrected chi connectivity index (χ2v) is 21.4. The first-order valence-electron chi connectivity index (χ1n) is 27.7. The van der Waals surface area contributed by atoms with Crippen LogP contribution in [0.5, 0.6) is 0 Å². The monoisotopic (exact) mass is 948 g/mol. The predicted octanol–water partition coefficient (Wildman–Crippen LogP) is 16.5. The number of unbranched alkanes of at least 4 members (excludes halogenated alkanes) is 29. The van der Waals surface area contributed by atoms with Crippen molar-refractivity contribution < 1.29 is 32.9 Å². The SMILES string of the molecule is CCCCC/C=C/CC/C=C/CC/C=C/C(O)C(COP(=O)(O)OCC[N+](C)(C)C)NC(=O)CCCCCCCCCCCCCCCCC/C=C\C/C=C\CCCCCCCCCCC. The van der Waals surface area contributed by atoms with E-state index in [1.165, 1.54) is 167 Å². The fourth-order valence-corrected chi connectivity index (χ4v) is 8.55. The Kier molecular flexibility index (Phi) is 46.9. The second-order valence-electron chi connectivity index (χ2n) is 19.9. The van der Waals surface area contributed by atoms with Gasteiger partial charge in [0.25, 0.3) is 0 Å². The second kappa shape index (κ2) is 48.2. The summed E-state index contributed by atoms with van der Waals surface area (Å²) < 4.78 is 23.6. The lowest BCUT2D eigenvalue weighted by atomic mass is 10.0. The van der Waals surface area contributed by atoms with Crippen LogP contribution in [0.1, 0.15) is 245 Å². The average Bonchev–Trinajstić information content (AvgIpc) is 3.28. The molecule has 0 aliphatic carbocycles. The van der Waals surface area contributed by atoms with Gasteiger partial charge in [-0.15, -0.1) is 0 Å². The Bertz CT molecular complexity index is 1260. The van der Waals surface area contributed by atoms with Crippen molar-refractivity contribution >= 4 is 13.7 Å². The van der Waals surface area contributed by atoms with E-state index in [-0.39, 0.29) is 19.1 Å². The highest BCUT2D eigenvalue weighted by atomic mass is 31.2. The third kappa shape index (κ3) is 50.1. The van der Waals surface area contributed by atoms with E-state index in [2.05, 4.69) is 67.8 Å². The van der Waals surface area contributed by atoms with Gasteiger partial charge in [0.1, 0.15) is 13.2 Å². The summed E-state index contributed by atoms with van der Waals surface area (Å²) in [6.45, 7) is 4.76. The van der Waals surface area contributed by atoms with Crippen molar-refractivity contribution in [3.05, 3.63) is 60.8 Å². The number of aliphatic hydroxyl groups excluding tert-OH is 1. The number of quaternary nitrogens is 1. The maximum absolute atomic E-state index is 12.9. The Morgan fingerprint density at radius 2 is 0.879 bits per heavy atom. The standard InChI is InChI=1S/C57H107N2O6P/c1-6-8-10-12-14-16-18-20-21-22-23-24-25-26-27-28-29-30-31-32-33-34-35-36-37-39-41-43-45-47-49-51-57(61)58-55(54-65-66(62,63)64-53-52-59(3,4)5)56(60)50-48-46-44-42-40-38-19-17-15-13-11-9-7-2/h15,17,23-24,26-27,40,42,48,50,55-56,60H,6-14,16,18-22,25,28-39,41,43-47,49,51-54H2,1-5H3,(H-,58,61,62,63)/p+1/b17-15+,24-23-,27-26-,42-40+,50-48+. The van der Waals surface area contributed by atoms with E-state index in [0.717, 1.165) is 57.8 Å². The van der Waals surface area contributed by atoms with Gasteiger partial charge in [-0.2, -0.15) is 0 Å². The maximum atomic E-state index is 12.9. The molecule has 3 N–H and O–H groups in total. The minimum atomic E-state index is -4.35. The fourth-order valence-electron chi connectivity index (χ4n) is 7.81.